The molecule has 1 aliphatic carbocycles. The molecule has 2 aromatic heterocycles. The molecule has 0 saturated heterocycles. The Morgan fingerprint density at radius 1 is 1.05 bits per heavy atom. The molecule has 13 heteroatoms. The van der Waals surface area contributed by atoms with Crippen LogP contribution in [-0.4, -0.2) is 30.7 Å². The quantitative estimate of drug-likeness (QED) is 0.232. The highest BCUT2D eigenvalue weighted by molar-refractivity contribution is 7.92. The zero-order valence-corrected chi connectivity index (χ0v) is 22.1. The van der Waals surface area contributed by atoms with Gasteiger partial charge in [0.05, 0.1) is 15.0 Å². The molecule has 2 amide bonds. The van der Waals surface area contributed by atoms with Crippen LogP contribution in [-0.2, 0) is 10.0 Å². The lowest BCUT2D eigenvalue weighted by molar-refractivity contribution is 0.256. The summed E-state index contributed by atoms with van der Waals surface area (Å²) >= 11 is 13.0. The van der Waals surface area contributed by atoms with Crippen LogP contribution in [0.25, 0.3) is 16.5 Å². The third-order valence-corrected chi connectivity index (χ3v) is 9.14. The average Bonchev–Trinajstić information content (AvgIpc) is 3.55. The van der Waals surface area contributed by atoms with Crippen LogP contribution < -0.4 is 20.9 Å². The molecule has 0 radical (unpaired) electrons. The van der Waals surface area contributed by atoms with Crippen molar-refractivity contribution in [2.75, 3.05) is 17.2 Å². The molecule has 0 atom stereocenters. The maximum absolute atomic E-state index is 12.9. The molecule has 2 aromatic carbocycles. The first-order valence-corrected chi connectivity index (χ1v) is 14.2. The van der Waals surface area contributed by atoms with E-state index in [1.54, 1.807) is 6.07 Å². The van der Waals surface area contributed by atoms with Gasteiger partial charge in [-0.25, -0.2) is 22.5 Å². The largest absolute Gasteiger partial charge is 0.494 e. The van der Waals surface area contributed by atoms with Gasteiger partial charge in [-0.15, -0.1) is 11.3 Å². The van der Waals surface area contributed by atoms with Crippen molar-refractivity contribution in [1.29, 1.82) is 0 Å². The molecule has 192 valence electrons. The summed E-state index contributed by atoms with van der Waals surface area (Å²) in [5.74, 6) is 0.407. The minimum Gasteiger partial charge on any atom is -0.494 e. The molecule has 2 heterocycles. The van der Waals surface area contributed by atoms with Gasteiger partial charge in [-0.2, -0.15) is 0 Å². The first-order valence-electron chi connectivity index (χ1n) is 11.1. The SMILES string of the molecule is O=C(Nc1ccc(-n2c(O)c3ccc(NCC4CC4)cc3cc2=O)c(Cl)c1)NS(=O)(=O)c1ccc(Cl)s1. The standard InChI is InChI=1S/C24H20Cl2N4O5S2/c25-18-11-16(28-24(33)29-37(34,35)22-8-7-20(26)36-22)4-6-19(18)30-21(31)10-14-9-15(27-12-13-1-2-13)3-5-17(14)23(30)32/h3-11,13,27,32H,1-2,12H2,(H2,28,29,33). The smallest absolute Gasteiger partial charge is 0.333 e. The van der Waals surface area contributed by atoms with Gasteiger partial charge in [-0.1, -0.05) is 23.2 Å². The fourth-order valence-corrected chi connectivity index (χ4v) is 6.43. The molecule has 0 spiro atoms. The maximum atomic E-state index is 12.9. The summed E-state index contributed by atoms with van der Waals surface area (Å²) in [6.45, 7) is 0.872. The molecule has 9 nitrogen and oxygen atoms in total. The van der Waals surface area contributed by atoms with Gasteiger partial charge >= 0.3 is 6.03 Å². The number of hydrogen-bond acceptors (Lipinski definition) is 7. The van der Waals surface area contributed by atoms with E-state index in [4.69, 9.17) is 23.2 Å². The maximum Gasteiger partial charge on any atom is 0.333 e. The molecular weight excluding hydrogens is 559 g/mol. The van der Waals surface area contributed by atoms with Crippen LogP contribution in [0.15, 0.2) is 63.6 Å². The Balaban J connectivity index is 1.37. The number of sulfonamides is 1. The number of amides is 2. The molecule has 5 rings (SSSR count). The van der Waals surface area contributed by atoms with Gasteiger partial charge < -0.3 is 15.7 Å². The van der Waals surface area contributed by atoms with E-state index in [1.165, 1.54) is 49.2 Å². The number of aromatic nitrogens is 1. The highest BCUT2D eigenvalue weighted by Crippen LogP contribution is 2.33. The Morgan fingerprint density at radius 2 is 1.81 bits per heavy atom. The Bertz CT molecular complexity index is 1700. The number of hydrogen-bond donors (Lipinski definition) is 4. The molecule has 4 aromatic rings. The minimum absolute atomic E-state index is 0.0464. The van der Waals surface area contributed by atoms with Crippen molar-refractivity contribution in [1.82, 2.24) is 9.29 Å². The summed E-state index contributed by atoms with van der Waals surface area (Å²) in [6, 6.07) is 12.7. The first kappa shape index (κ1) is 25.4. The van der Waals surface area contributed by atoms with E-state index in [2.05, 4.69) is 10.6 Å². The number of anilines is 2. The summed E-state index contributed by atoms with van der Waals surface area (Å²) in [5, 5.41) is 17.7. The average molecular weight is 579 g/mol. The summed E-state index contributed by atoms with van der Waals surface area (Å²) in [5.41, 5.74) is 0.733. The second-order valence-electron chi connectivity index (χ2n) is 8.55. The van der Waals surface area contributed by atoms with E-state index in [0.29, 0.717) is 16.7 Å². The predicted octanol–water partition coefficient (Wildman–Crippen LogP) is 5.40. The van der Waals surface area contributed by atoms with Gasteiger partial charge in [0.15, 0.2) is 0 Å². The zero-order chi connectivity index (χ0) is 26.3. The van der Waals surface area contributed by atoms with Gasteiger partial charge in [-0.3, -0.25) is 4.79 Å². The van der Waals surface area contributed by atoms with Crippen molar-refractivity contribution in [3.63, 3.8) is 0 Å². The number of benzene rings is 2. The molecule has 0 aliphatic heterocycles. The highest BCUT2D eigenvalue weighted by atomic mass is 35.5. The van der Waals surface area contributed by atoms with E-state index in [9.17, 15) is 23.1 Å². The van der Waals surface area contributed by atoms with E-state index in [-0.39, 0.29) is 30.8 Å². The fourth-order valence-electron chi connectivity index (χ4n) is 3.77. The van der Waals surface area contributed by atoms with Crippen LogP contribution in [0, 0.1) is 5.92 Å². The van der Waals surface area contributed by atoms with Gasteiger partial charge in [0.1, 0.15) is 4.21 Å². The lowest BCUT2D eigenvalue weighted by Gasteiger charge is -2.15. The molecular formula is C24H20Cl2N4O5S2. The van der Waals surface area contributed by atoms with Gasteiger partial charge in [0.25, 0.3) is 15.6 Å². The van der Waals surface area contributed by atoms with Gasteiger partial charge in [-0.05, 0) is 72.7 Å². The van der Waals surface area contributed by atoms with Crippen molar-refractivity contribution in [3.8, 4) is 11.6 Å². The number of thiophene rings is 1. The number of halogens is 2. The number of aromatic hydroxyl groups is 1. The van der Waals surface area contributed by atoms with Crippen LogP contribution in [0.5, 0.6) is 5.88 Å². The number of fused-ring (bicyclic) bond motifs is 1. The van der Waals surface area contributed by atoms with Crippen molar-refractivity contribution >= 4 is 72.7 Å². The van der Waals surface area contributed by atoms with E-state index >= 15 is 0 Å². The molecule has 4 N–H and O–H groups in total. The molecule has 1 fully saturated rings. The van der Waals surface area contributed by atoms with Crippen molar-refractivity contribution in [2.45, 2.75) is 17.1 Å². The molecule has 37 heavy (non-hydrogen) atoms. The van der Waals surface area contributed by atoms with Crippen LogP contribution >= 0.6 is 34.5 Å². The van der Waals surface area contributed by atoms with E-state index in [1.807, 2.05) is 16.9 Å². The minimum atomic E-state index is -4.10. The third kappa shape index (κ3) is 5.54. The Morgan fingerprint density at radius 3 is 2.49 bits per heavy atom. The number of nitrogens with zero attached hydrogens (tertiary/aromatic N) is 1. The number of carbonyl (C=O) groups excluding carboxylic acids is 1. The number of carbonyl (C=O) groups is 1. The first-order chi connectivity index (χ1) is 17.6. The lowest BCUT2D eigenvalue weighted by atomic mass is 10.1. The normalized spacial score (nSPS) is 13.5. The molecule has 0 unspecified atom stereocenters. The van der Waals surface area contributed by atoms with Crippen LogP contribution in [0.3, 0.4) is 0 Å². The third-order valence-electron chi connectivity index (χ3n) is 5.78. The number of nitrogens with one attached hydrogen (secondary N) is 3. The monoisotopic (exact) mass is 578 g/mol. The second kappa shape index (κ2) is 9.90. The summed E-state index contributed by atoms with van der Waals surface area (Å²) in [6.07, 6.45) is 2.44. The molecule has 1 aliphatic rings. The van der Waals surface area contributed by atoms with Crippen LogP contribution in [0.4, 0.5) is 16.2 Å². The van der Waals surface area contributed by atoms with Gasteiger partial charge in [0.2, 0.25) is 5.88 Å². The van der Waals surface area contributed by atoms with Crippen LogP contribution in [0.1, 0.15) is 12.8 Å². The summed E-state index contributed by atoms with van der Waals surface area (Å²) in [4.78, 5) is 25.2. The summed E-state index contributed by atoms with van der Waals surface area (Å²) in [7, 11) is -4.10. The molecule has 1 saturated carbocycles. The fraction of sp³-hybridized carbons (Fsp3) is 0.167. The summed E-state index contributed by atoms with van der Waals surface area (Å²) < 4.78 is 27.7. The zero-order valence-electron chi connectivity index (χ0n) is 19.0. The Hall–Kier alpha value is -3.25. The number of pyridine rings is 1. The van der Waals surface area contributed by atoms with E-state index in [0.717, 1.165) is 28.1 Å². The highest BCUT2D eigenvalue weighted by Gasteiger charge is 2.22. The topological polar surface area (TPSA) is 130 Å². The lowest BCUT2D eigenvalue weighted by Crippen LogP contribution is -2.33. The Kier molecular flexibility index (Phi) is 6.80. The van der Waals surface area contributed by atoms with Crippen molar-refractivity contribution in [2.24, 2.45) is 5.92 Å². The number of rotatable bonds is 7. The Labute approximate surface area is 225 Å². The van der Waals surface area contributed by atoms with Gasteiger partial charge in [0, 0.05) is 29.4 Å². The second-order valence-corrected chi connectivity index (χ2v) is 12.6. The van der Waals surface area contributed by atoms with Crippen LogP contribution in [0.2, 0.25) is 9.36 Å². The van der Waals surface area contributed by atoms with E-state index < -0.39 is 21.6 Å². The van der Waals surface area contributed by atoms with Crippen molar-refractivity contribution in [3.05, 3.63) is 74.3 Å². The van der Waals surface area contributed by atoms with Crippen molar-refractivity contribution < 1.29 is 18.3 Å². The predicted molar refractivity (Wildman–Crippen MR) is 146 cm³/mol. The number of urea groups is 1. The molecule has 0 bridgehead atoms.